The lowest BCUT2D eigenvalue weighted by Gasteiger charge is -2.36. The second-order valence-corrected chi connectivity index (χ2v) is 7.12. The van der Waals surface area contributed by atoms with E-state index in [1.165, 1.54) is 12.1 Å². The Bertz CT molecular complexity index is 732. The zero-order chi connectivity index (χ0) is 20.9. The van der Waals surface area contributed by atoms with E-state index >= 15 is 0 Å². The summed E-state index contributed by atoms with van der Waals surface area (Å²) < 4.78 is 43.0. The molecular weight excluding hydrogens is 377 g/mol. The Morgan fingerprint density at radius 1 is 1.36 bits per heavy atom. The largest absolute Gasteiger partial charge is 0.508 e. The number of hydrogen-bond donors (Lipinski definition) is 3. The van der Waals surface area contributed by atoms with Crippen LogP contribution in [0.25, 0.3) is 5.76 Å². The summed E-state index contributed by atoms with van der Waals surface area (Å²) >= 11 is 0. The van der Waals surface area contributed by atoms with Crippen molar-refractivity contribution in [1.82, 2.24) is 10.2 Å². The molecule has 1 aromatic rings. The molecule has 0 aliphatic carbocycles. The van der Waals surface area contributed by atoms with Crippen LogP contribution in [0.15, 0.2) is 23.9 Å². The number of nitrogens with zero attached hydrogens (tertiary/aromatic N) is 1. The Hall–Kier alpha value is -2.58. The van der Waals surface area contributed by atoms with E-state index in [1.807, 2.05) is 18.7 Å². The Balaban J connectivity index is 2.36. The van der Waals surface area contributed by atoms with E-state index in [1.54, 1.807) is 6.07 Å². The fourth-order valence-corrected chi connectivity index (χ4v) is 3.09. The van der Waals surface area contributed by atoms with Crippen LogP contribution in [-0.2, 0) is 11.3 Å². The van der Waals surface area contributed by atoms with Crippen LogP contribution >= 0.6 is 0 Å². The number of carbonyl (C=O) groups is 1. The highest BCUT2D eigenvalue weighted by Crippen LogP contribution is 2.35. The van der Waals surface area contributed by atoms with Gasteiger partial charge in [0.15, 0.2) is 0 Å². The van der Waals surface area contributed by atoms with Crippen molar-refractivity contribution in [1.29, 1.82) is 0 Å². The number of ether oxygens (including phenoxy) is 1. The van der Waals surface area contributed by atoms with Gasteiger partial charge in [-0.15, -0.1) is 0 Å². The number of alkyl halides is 3. The number of carboxylic acid groups (broad SMARTS) is 1. The molecule has 1 aromatic carbocycles. The number of phenols is 1. The number of phenolic OH excluding ortho intramolecular Hbond substituents is 1. The molecule has 1 amide bonds. The quantitative estimate of drug-likeness (QED) is 0.569. The van der Waals surface area contributed by atoms with E-state index in [0.29, 0.717) is 30.1 Å². The first-order valence-corrected chi connectivity index (χ1v) is 9.03. The molecule has 3 N–H and O–H groups in total. The Morgan fingerprint density at radius 3 is 2.68 bits per heavy atom. The van der Waals surface area contributed by atoms with E-state index in [0.717, 1.165) is 5.56 Å². The molecule has 0 spiro atoms. The van der Waals surface area contributed by atoms with E-state index in [9.17, 15) is 23.1 Å². The van der Waals surface area contributed by atoms with Crippen LogP contribution in [0.2, 0.25) is 0 Å². The van der Waals surface area contributed by atoms with Crippen LogP contribution in [0.5, 0.6) is 5.75 Å². The summed E-state index contributed by atoms with van der Waals surface area (Å²) in [6, 6.07) is 4.76. The molecule has 2 rings (SSSR count). The predicted molar refractivity (Wildman–Crippen MR) is 97.5 cm³/mol. The van der Waals surface area contributed by atoms with Crippen LogP contribution in [0.4, 0.5) is 18.0 Å². The highest BCUT2D eigenvalue weighted by molar-refractivity contribution is 5.71. The average molecular weight is 402 g/mol. The second-order valence-electron chi connectivity index (χ2n) is 7.12. The van der Waals surface area contributed by atoms with Crippen LogP contribution in [0.1, 0.15) is 37.8 Å². The summed E-state index contributed by atoms with van der Waals surface area (Å²) in [6.45, 7) is 4.91. The normalized spacial score (nSPS) is 14.3. The molecule has 1 aliphatic heterocycles. The average Bonchev–Trinajstić information content (AvgIpc) is 2.56. The highest BCUT2D eigenvalue weighted by atomic mass is 19.4. The number of hydrogen-bond acceptors (Lipinski definition) is 4. The first kappa shape index (κ1) is 21.7. The van der Waals surface area contributed by atoms with Gasteiger partial charge >= 0.3 is 12.3 Å². The molecule has 0 saturated carbocycles. The maximum atomic E-state index is 12.4. The molecule has 0 fully saturated rings. The maximum Gasteiger partial charge on any atom is 0.404 e. The number of fused-ring (bicyclic) bond motifs is 1. The topological polar surface area (TPSA) is 82.0 Å². The van der Waals surface area contributed by atoms with E-state index < -0.39 is 18.7 Å². The summed E-state index contributed by atoms with van der Waals surface area (Å²) in [5, 5.41) is 21.1. The zero-order valence-electron chi connectivity index (χ0n) is 15.8. The number of rotatable bonds is 8. The predicted octanol–water partition coefficient (Wildman–Crippen LogP) is 4.16. The molecule has 6 nitrogen and oxygen atoms in total. The number of nitrogens with one attached hydrogen (secondary N) is 1. The zero-order valence-corrected chi connectivity index (χ0v) is 15.8. The standard InChI is InChI=1S/C19H25F3N2O4/c1-12(2)10-24-11-13-4-5-14(25)8-15(13)17(16(24)9-23-18(26)27)28-7-3-6-19(20,21)22/h4-5,8,12,23,25H,3,6-7,9-11H2,1-2H3,(H,26,27). The summed E-state index contributed by atoms with van der Waals surface area (Å²) in [6.07, 6.45) is -6.66. The summed E-state index contributed by atoms with van der Waals surface area (Å²) in [7, 11) is 0. The van der Waals surface area contributed by atoms with Crippen LogP contribution < -0.4 is 5.32 Å². The lowest BCUT2D eigenvalue weighted by atomic mass is 9.97. The third-order valence-electron chi connectivity index (χ3n) is 4.19. The smallest absolute Gasteiger partial charge is 0.404 e. The van der Waals surface area contributed by atoms with Gasteiger partial charge in [0.2, 0.25) is 0 Å². The Kier molecular flexibility index (Phi) is 7.04. The van der Waals surface area contributed by atoms with Gasteiger partial charge in [0.25, 0.3) is 0 Å². The molecule has 0 atom stereocenters. The van der Waals surface area contributed by atoms with Crippen molar-refractivity contribution in [3.05, 3.63) is 35.0 Å². The van der Waals surface area contributed by atoms with Gasteiger partial charge in [0, 0.05) is 25.1 Å². The minimum atomic E-state index is -4.27. The van der Waals surface area contributed by atoms with E-state index in [2.05, 4.69) is 5.32 Å². The number of aromatic hydroxyl groups is 1. The molecule has 0 radical (unpaired) electrons. The lowest BCUT2D eigenvalue weighted by Crippen LogP contribution is -2.37. The molecule has 0 unspecified atom stereocenters. The molecular formula is C19H25F3N2O4. The highest BCUT2D eigenvalue weighted by Gasteiger charge is 2.29. The minimum Gasteiger partial charge on any atom is -0.508 e. The van der Waals surface area contributed by atoms with Crippen molar-refractivity contribution in [3.63, 3.8) is 0 Å². The van der Waals surface area contributed by atoms with Crippen molar-refractivity contribution in [2.45, 2.75) is 39.4 Å². The summed E-state index contributed by atoms with van der Waals surface area (Å²) in [5.41, 5.74) is 1.96. The second kappa shape index (κ2) is 9.07. The summed E-state index contributed by atoms with van der Waals surface area (Å²) in [5.74, 6) is 0.566. The third kappa shape index (κ3) is 6.24. The SMILES string of the molecule is CC(C)CN1Cc2ccc(O)cc2C(OCCCC(F)(F)F)=C1CNC(=O)O. The van der Waals surface area contributed by atoms with Gasteiger partial charge in [-0.05, 0) is 30.0 Å². The van der Waals surface area contributed by atoms with E-state index in [4.69, 9.17) is 9.84 Å². The monoisotopic (exact) mass is 402 g/mol. The van der Waals surface area contributed by atoms with Crippen LogP contribution in [0.3, 0.4) is 0 Å². The molecule has 1 heterocycles. The molecule has 0 aromatic heterocycles. The first-order valence-electron chi connectivity index (χ1n) is 9.03. The van der Waals surface area contributed by atoms with Crippen molar-refractivity contribution < 1.29 is 32.9 Å². The molecule has 156 valence electrons. The van der Waals surface area contributed by atoms with Crippen LogP contribution in [0, 0.1) is 5.92 Å². The van der Waals surface area contributed by atoms with Gasteiger partial charge in [-0.25, -0.2) is 4.79 Å². The van der Waals surface area contributed by atoms with Gasteiger partial charge in [-0.1, -0.05) is 19.9 Å². The number of amides is 1. The fraction of sp³-hybridized carbons (Fsp3) is 0.526. The lowest BCUT2D eigenvalue weighted by molar-refractivity contribution is -0.136. The fourth-order valence-electron chi connectivity index (χ4n) is 3.09. The number of benzene rings is 1. The van der Waals surface area contributed by atoms with Gasteiger partial charge in [0.05, 0.1) is 18.8 Å². The van der Waals surface area contributed by atoms with E-state index in [-0.39, 0.29) is 31.2 Å². The minimum absolute atomic E-state index is 0.00186. The number of halogens is 3. The van der Waals surface area contributed by atoms with Gasteiger partial charge < -0.3 is 25.2 Å². The van der Waals surface area contributed by atoms with Crippen molar-refractivity contribution in [2.24, 2.45) is 5.92 Å². The summed E-state index contributed by atoms with van der Waals surface area (Å²) in [4.78, 5) is 12.9. The first-order chi connectivity index (χ1) is 13.1. The Morgan fingerprint density at radius 2 is 2.07 bits per heavy atom. The van der Waals surface area contributed by atoms with Gasteiger partial charge in [-0.2, -0.15) is 13.2 Å². The molecule has 1 aliphatic rings. The molecule has 9 heteroatoms. The van der Waals surface area contributed by atoms with Crippen molar-refractivity contribution in [2.75, 3.05) is 19.7 Å². The van der Waals surface area contributed by atoms with Crippen LogP contribution in [-0.4, -0.2) is 47.1 Å². The molecule has 0 saturated heterocycles. The van der Waals surface area contributed by atoms with Crippen molar-refractivity contribution in [3.8, 4) is 5.75 Å². The van der Waals surface area contributed by atoms with Gasteiger partial charge in [-0.3, -0.25) is 0 Å². The molecule has 0 bridgehead atoms. The van der Waals surface area contributed by atoms with Crippen molar-refractivity contribution >= 4 is 11.9 Å². The Labute approximate surface area is 161 Å². The maximum absolute atomic E-state index is 12.4. The molecule has 28 heavy (non-hydrogen) atoms. The van der Waals surface area contributed by atoms with Gasteiger partial charge in [0.1, 0.15) is 11.5 Å². The third-order valence-corrected chi connectivity index (χ3v) is 4.19.